The summed E-state index contributed by atoms with van der Waals surface area (Å²) in [7, 11) is 0. The van der Waals surface area contributed by atoms with Gasteiger partial charge >= 0.3 is 0 Å². The minimum atomic E-state index is -1.10. The first-order chi connectivity index (χ1) is 8.45. The van der Waals surface area contributed by atoms with E-state index in [2.05, 4.69) is 4.98 Å². The predicted octanol–water partition coefficient (Wildman–Crippen LogP) is -0.565. The van der Waals surface area contributed by atoms with Crippen LogP contribution in [0, 0.1) is 13.8 Å². The second-order valence-electron chi connectivity index (χ2n) is 4.62. The van der Waals surface area contributed by atoms with Crippen LogP contribution in [-0.4, -0.2) is 45.2 Å². The fourth-order valence-corrected chi connectivity index (χ4v) is 2.19. The Balaban J connectivity index is 2.35. The SMILES string of the molecule is Cc1cc([C@@H]2O[C@H](CO)[C@@H](O)[C@H]2O)c(C)nc1N. The van der Waals surface area contributed by atoms with Gasteiger partial charge in [0, 0.05) is 11.3 Å². The predicted molar refractivity (Wildman–Crippen MR) is 64.8 cm³/mol. The molecule has 0 aliphatic carbocycles. The van der Waals surface area contributed by atoms with Crippen LogP contribution in [0.15, 0.2) is 6.07 Å². The fraction of sp³-hybridized carbons (Fsp3) is 0.583. The van der Waals surface area contributed by atoms with Gasteiger partial charge in [0.1, 0.15) is 30.2 Å². The summed E-state index contributed by atoms with van der Waals surface area (Å²) < 4.78 is 5.47. The van der Waals surface area contributed by atoms with E-state index >= 15 is 0 Å². The number of rotatable bonds is 2. The minimum Gasteiger partial charge on any atom is -0.394 e. The van der Waals surface area contributed by atoms with E-state index in [1.165, 1.54) is 0 Å². The lowest BCUT2D eigenvalue weighted by atomic mass is 9.99. The summed E-state index contributed by atoms with van der Waals surface area (Å²) in [6.45, 7) is 3.24. The number of aliphatic hydroxyl groups excluding tert-OH is 3. The Kier molecular flexibility index (Phi) is 3.54. The molecule has 18 heavy (non-hydrogen) atoms. The summed E-state index contributed by atoms with van der Waals surface area (Å²) in [5.74, 6) is 0.433. The Morgan fingerprint density at radius 2 is 2.00 bits per heavy atom. The van der Waals surface area contributed by atoms with Crippen molar-refractivity contribution in [2.45, 2.75) is 38.3 Å². The monoisotopic (exact) mass is 254 g/mol. The van der Waals surface area contributed by atoms with Gasteiger partial charge < -0.3 is 25.8 Å². The van der Waals surface area contributed by atoms with Crippen LogP contribution < -0.4 is 5.73 Å². The summed E-state index contributed by atoms with van der Waals surface area (Å²) in [5, 5.41) is 28.7. The molecule has 1 aliphatic rings. The first-order valence-electron chi connectivity index (χ1n) is 5.81. The third-order valence-corrected chi connectivity index (χ3v) is 3.33. The standard InChI is InChI=1S/C12H18N2O4/c1-5-3-7(6(2)14-12(5)13)11-10(17)9(16)8(4-15)18-11/h3,8-11,15-17H,4H2,1-2H3,(H2,13,14)/t8-,9-,10-,11+/m1/s1. The summed E-state index contributed by atoms with van der Waals surface area (Å²) in [5.41, 5.74) is 7.82. The molecule has 0 radical (unpaired) electrons. The third-order valence-electron chi connectivity index (χ3n) is 3.33. The molecule has 1 aromatic rings. The van der Waals surface area contributed by atoms with E-state index in [1.807, 2.05) is 6.92 Å². The lowest BCUT2D eigenvalue weighted by Crippen LogP contribution is -2.32. The van der Waals surface area contributed by atoms with Crippen molar-refractivity contribution >= 4 is 5.82 Å². The zero-order valence-corrected chi connectivity index (χ0v) is 10.4. The quantitative estimate of drug-likeness (QED) is 0.563. The average Bonchev–Trinajstić information content (AvgIpc) is 2.61. The van der Waals surface area contributed by atoms with Crippen molar-refractivity contribution in [1.29, 1.82) is 0 Å². The molecule has 2 heterocycles. The highest BCUT2D eigenvalue weighted by Crippen LogP contribution is 2.35. The molecule has 0 spiro atoms. The molecule has 0 unspecified atom stereocenters. The topological polar surface area (TPSA) is 109 Å². The average molecular weight is 254 g/mol. The molecule has 2 rings (SSSR count). The van der Waals surface area contributed by atoms with E-state index in [1.54, 1.807) is 13.0 Å². The van der Waals surface area contributed by atoms with Crippen LogP contribution in [0.2, 0.25) is 0 Å². The van der Waals surface area contributed by atoms with E-state index < -0.39 is 24.4 Å². The summed E-state index contributed by atoms with van der Waals surface area (Å²) in [4.78, 5) is 4.17. The number of nitrogens with two attached hydrogens (primary N) is 1. The van der Waals surface area contributed by atoms with Gasteiger partial charge in [0.25, 0.3) is 0 Å². The van der Waals surface area contributed by atoms with Crippen molar-refractivity contribution in [2.24, 2.45) is 0 Å². The highest BCUT2D eigenvalue weighted by atomic mass is 16.6. The molecule has 1 saturated heterocycles. The van der Waals surface area contributed by atoms with Crippen LogP contribution in [0.1, 0.15) is 22.9 Å². The molecule has 1 aliphatic heterocycles. The number of hydrogen-bond acceptors (Lipinski definition) is 6. The maximum atomic E-state index is 9.95. The Morgan fingerprint density at radius 1 is 1.33 bits per heavy atom. The second-order valence-corrected chi connectivity index (χ2v) is 4.62. The molecule has 0 amide bonds. The van der Waals surface area contributed by atoms with Crippen LogP contribution >= 0.6 is 0 Å². The number of anilines is 1. The Morgan fingerprint density at radius 3 is 2.56 bits per heavy atom. The first-order valence-corrected chi connectivity index (χ1v) is 5.81. The Labute approximate surface area is 105 Å². The maximum Gasteiger partial charge on any atom is 0.126 e. The summed E-state index contributed by atoms with van der Waals surface area (Å²) in [6, 6.07) is 1.79. The van der Waals surface area contributed by atoms with E-state index in [-0.39, 0.29) is 6.61 Å². The van der Waals surface area contributed by atoms with Gasteiger partial charge in [-0.3, -0.25) is 0 Å². The summed E-state index contributed by atoms with van der Waals surface area (Å²) in [6.07, 6.45) is -3.64. The number of nitrogens with zero attached hydrogens (tertiary/aromatic N) is 1. The number of aromatic nitrogens is 1. The zero-order chi connectivity index (χ0) is 13.4. The number of aryl methyl sites for hydroxylation is 2. The molecule has 5 N–H and O–H groups in total. The van der Waals surface area contributed by atoms with Gasteiger partial charge in [-0.05, 0) is 25.5 Å². The van der Waals surface area contributed by atoms with Crippen molar-refractivity contribution in [3.63, 3.8) is 0 Å². The van der Waals surface area contributed by atoms with Crippen LogP contribution in [0.4, 0.5) is 5.82 Å². The number of ether oxygens (including phenoxy) is 1. The highest BCUT2D eigenvalue weighted by molar-refractivity contribution is 5.43. The van der Waals surface area contributed by atoms with E-state index in [0.717, 1.165) is 5.56 Å². The molecule has 0 saturated carbocycles. The molecule has 0 bridgehead atoms. The van der Waals surface area contributed by atoms with E-state index in [9.17, 15) is 10.2 Å². The number of pyridine rings is 1. The maximum absolute atomic E-state index is 9.95. The van der Waals surface area contributed by atoms with E-state index in [4.69, 9.17) is 15.6 Å². The molecule has 6 nitrogen and oxygen atoms in total. The smallest absolute Gasteiger partial charge is 0.126 e. The normalized spacial score (nSPS) is 31.8. The highest BCUT2D eigenvalue weighted by Gasteiger charge is 2.43. The van der Waals surface area contributed by atoms with Crippen LogP contribution in [-0.2, 0) is 4.74 Å². The van der Waals surface area contributed by atoms with E-state index in [0.29, 0.717) is 17.1 Å². The van der Waals surface area contributed by atoms with Gasteiger partial charge in [-0.2, -0.15) is 0 Å². The van der Waals surface area contributed by atoms with Crippen molar-refractivity contribution in [3.05, 3.63) is 22.9 Å². The molecular formula is C12H18N2O4. The molecule has 1 fully saturated rings. The van der Waals surface area contributed by atoms with Gasteiger partial charge in [-0.25, -0.2) is 4.98 Å². The number of nitrogen functional groups attached to an aromatic ring is 1. The molecular weight excluding hydrogens is 236 g/mol. The largest absolute Gasteiger partial charge is 0.394 e. The summed E-state index contributed by atoms with van der Waals surface area (Å²) >= 11 is 0. The van der Waals surface area contributed by atoms with Crippen LogP contribution in [0.3, 0.4) is 0 Å². The van der Waals surface area contributed by atoms with Gasteiger partial charge in [0.15, 0.2) is 0 Å². The lowest BCUT2D eigenvalue weighted by molar-refractivity contribution is -0.0230. The van der Waals surface area contributed by atoms with Gasteiger partial charge in [0.05, 0.1) is 6.61 Å². The second kappa shape index (κ2) is 4.81. The molecule has 0 aromatic carbocycles. The first kappa shape index (κ1) is 13.2. The van der Waals surface area contributed by atoms with Gasteiger partial charge in [0.2, 0.25) is 0 Å². The van der Waals surface area contributed by atoms with Crippen molar-refractivity contribution < 1.29 is 20.1 Å². The third kappa shape index (κ3) is 2.08. The van der Waals surface area contributed by atoms with Crippen LogP contribution in [0.5, 0.6) is 0 Å². The Bertz CT molecular complexity index is 452. The zero-order valence-electron chi connectivity index (χ0n) is 10.4. The van der Waals surface area contributed by atoms with Crippen molar-refractivity contribution in [1.82, 2.24) is 4.98 Å². The number of hydrogen-bond donors (Lipinski definition) is 4. The van der Waals surface area contributed by atoms with Crippen LogP contribution in [0.25, 0.3) is 0 Å². The fourth-order valence-electron chi connectivity index (χ4n) is 2.19. The minimum absolute atomic E-state index is 0.338. The molecule has 4 atom stereocenters. The Hall–Kier alpha value is -1.21. The van der Waals surface area contributed by atoms with Gasteiger partial charge in [-0.1, -0.05) is 0 Å². The molecule has 6 heteroatoms. The molecule has 1 aromatic heterocycles. The van der Waals surface area contributed by atoms with Crippen molar-refractivity contribution in [2.75, 3.05) is 12.3 Å². The molecule has 100 valence electrons. The lowest BCUT2D eigenvalue weighted by Gasteiger charge is -2.18. The van der Waals surface area contributed by atoms with Crippen molar-refractivity contribution in [3.8, 4) is 0 Å². The number of aliphatic hydroxyl groups is 3. The van der Waals surface area contributed by atoms with Gasteiger partial charge in [-0.15, -0.1) is 0 Å².